The molecule has 0 bridgehead atoms. The molecule has 194 valence electrons. The summed E-state index contributed by atoms with van der Waals surface area (Å²) in [6.07, 6.45) is 3.12. The fourth-order valence-corrected chi connectivity index (χ4v) is 6.94. The standard InChI is InChI=1S/C29H33F3O3S/c1-2-3-4-5-6-7-14-23-34-24-19-21-27(22-20-24)36(25-15-10-8-11-16-25,26-17-12-9-13-18-26)35-28(33)29(30,31)32/h8-13,15-22H,2-7,14,23H2,1H3. The van der Waals surface area contributed by atoms with Crippen LogP contribution in [0.5, 0.6) is 5.75 Å². The Labute approximate surface area is 213 Å². The van der Waals surface area contributed by atoms with Gasteiger partial charge in [-0.2, -0.15) is 13.2 Å². The Kier molecular flexibility index (Phi) is 10.3. The fourth-order valence-electron chi connectivity index (χ4n) is 3.91. The minimum absolute atomic E-state index is 0.473. The minimum atomic E-state index is -5.12. The van der Waals surface area contributed by atoms with E-state index in [1.54, 1.807) is 84.9 Å². The molecule has 7 heteroatoms. The summed E-state index contributed by atoms with van der Waals surface area (Å²) in [4.78, 5) is 13.7. The molecular weight excluding hydrogens is 485 g/mol. The van der Waals surface area contributed by atoms with Gasteiger partial charge in [-0.05, 0) is 65.3 Å². The number of ether oxygens (including phenoxy) is 1. The SMILES string of the molecule is CCCCCCCCCOc1ccc(S(OC(=O)C(F)(F)F)(c2ccccc2)c2ccccc2)cc1. The number of unbranched alkanes of at least 4 members (excludes halogenated alkanes) is 6. The van der Waals surface area contributed by atoms with E-state index in [1.165, 1.54) is 32.1 Å². The Hall–Kier alpha value is -2.93. The summed E-state index contributed by atoms with van der Waals surface area (Å²) in [7, 11) is -3.00. The molecule has 3 aromatic carbocycles. The highest BCUT2D eigenvalue weighted by molar-refractivity contribution is 8.30. The summed E-state index contributed by atoms with van der Waals surface area (Å²) in [5.41, 5.74) is 0. The third-order valence-corrected chi connectivity index (χ3v) is 8.96. The maximum absolute atomic E-state index is 13.4. The second-order valence-electron chi connectivity index (χ2n) is 8.49. The zero-order valence-corrected chi connectivity index (χ0v) is 21.3. The molecule has 0 radical (unpaired) electrons. The second kappa shape index (κ2) is 13.4. The molecule has 0 saturated carbocycles. The van der Waals surface area contributed by atoms with Crippen LogP contribution in [0.4, 0.5) is 13.2 Å². The van der Waals surface area contributed by atoms with Gasteiger partial charge in [0.1, 0.15) is 5.75 Å². The highest BCUT2D eigenvalue weighted by Gasteiger charge is 2.47. The molecule has 0 heterocycles. The summed E-state index contributed by atoms with van der Waals surface area (Å²) in [6, 6.07) is 24.0. The molecule has 0 aliphatic heterocycles. The van der Waals surface area contributed by atoms with Crippen LogP contribution in [0.1, 0.15) is 51.9 Å². The van der Waals surface area contributed by atoms with Crippen molar-refractivity contribution in [1.29, 1.82) is 0 Å². The Bertz CT molecular complexity index is 1020. The number of alkyl halides is 3. The molecule has 36 heavy (non-hydrogen) atoms. The lowest BCUT2D eigenvalue weighted by Gasteiger charge is -2.39. The topological polar surface area (TPSA) is 35.5 Å². The molecule has 3 rings (SSSR count). The van der Waals surface area contributed by atoms with Crippen molar-refractivity contribution in [1.82, 2.24) is 0 Å². The van der Waals surface area contributed by atoms with Gasteiger partial charge in [-0.3, -0.25) is 0 Å². The predicted octanol–water partition coefficient (Wildman–Crippen LogP) is 9.12. The Balaban J connectivity index is 1.85. The predicted molar refractivity (Wildman–Crippen MR) is 137 cm³/mol. The maximum Gasteiger partial charge on any atom is 0.491 e. The number of carbonyl (C=O) groups is 1. The van der Waals surface area contributed by atoms with Gasteiger partial charge in [0, 0.05) is 14.7 Å². The third kappa shape index (κ3) is 7.29. The smallest absolute Gasteiger partial charge is 0.491 e. The Morgan fingerprint density at radius 2 is 1.17 bits per heavy atom. The van der Waals surface area contributed by atoms with Crippen LogP contribution in [-0.2, 0) is 8.98 Å². The number of benzene rings is 3. The van der Waals surface area contributed by atoms with Crippen LogP contribution in [0.2, 0.25) is 0 Å². The van der Waals surface area contributed by atoms with E-state index in [4.69, 9.17) is 8.92 Å². The van der Waals surface area contributed by atoms with E-state index in [0.717, 1.165) is 12.8 Å². The quantitative estimate of drug-likeness (QED) is 0.212. The average molecular weight is 519 g/mol. The van der Waals surface area contributed by atoms with Gasteiger partial charge in [0.05, 0.1) is 6.61 Å². The molecule has 0 spiro atoms. The molecule has 0 aliphatic rings. The Morgan fingerprint density at radius 1 is 0.694 bits per heavy atom. The van der Waals surface area contributed by atoms with E-state index in [9.17, 15) is 18.0 Å². The van der Waals surface area contributed by atoms with Crippen molar-refractivity contribution in [3.8, 4) is 5.75 Å². The van der Waals surface area contributed by atoms with Crippen molar-refractivity contribution in [3.05, 3.63) is 84.9 Å². The van der Waals surface area contributed by atoms with Crippen molar-refractivity contribution in [3.63, 3.8) is 0 Å². The van der Waals surface area contributed by atoms with Crippen LogP contribution in [0, 0.1) is 0 Å². The molecular formula is C29H33F3O3S. The third-order valence-electron chi connectivity index (χ3n) is 5.75. The molecule has 0 atom stereocenters. The monoisotopic (exact) mass is 518 g/mol. The summed E-state index contributed by atoms with van der Waals surface area (Å²) >= 11 is 0. The molecule has 3 nitrogen and oxygen atoms in total. The van der Waals surface area contributed by atoms with Gasteiger partial charge in [0.25, 0.3) is 0 Å². The van der Waals surface area contributed by atoms with Gasteiger partial charge in [-0.15, -0.1) is 0 Å². The molecule has 0 fully saturated rings. The van der Waals surface area contributed by atoms with Crippen molar-refractivity contribution >= 4 is 16.3 Å². The van der Waals surface area contributed by atoms with Gasteiger partial charge in [-0.1, -0.05) is 81.8 Å². The van der Waals surface area contributed by atoms with Crippen LogP contribution in [0.25, 0.3) is 0 Å². The van der Waals surface area contributed by atoms with E-state index < -0.39 is 22.5 Å². The first kappa shape index (κ1) is 27.7. The van der Waals surface area contributed by atoms with E-state index >= 15 is 0 Å². The summed E-state index contributed by atoms with van der Waals surface area (Å²) < 4.78 is 51.5. The van der Waals surface area contributed by atoms with Crippen LogP contribution < -0.4 is 4.74 Å². The number of carbonyl (C=O) groups excluding carboxylic acids is 1. The molecule has 0 N–H and O–H groups in total. The van der Waals surface area contributed by atoms with Crippen molar-refractivity contribution in [2.45, 2.75) is 72.7 Å². The lowest BCUT2D eigenvalue weighted by Crippen LogP contribution is -2.27. The number of rotatable bonds is 13. The van der Waals surface area contributed by atoms with E-state index in [2.05, 4.69) is 6.92 Å². The van der Waals surface area contributed by atoms with Crippen molar-refractivity contribution < 1.29 is 26.9 Å². The minimum Gasteiger partial charge on any atom is -0.494 e. The van der Waals surface area contributed by atoms with Crippen LogP contribution in [-0.4, -0.2) is 18.8 Å². The maximum atomic E-state index is 13.4. The summed E-state index contributed by atoms with van der Waals surface area (Å²) in [6.45, 7) is 2.77. The molecule has 0 saturated heterocycles. The number of hydrogen-bond donors (Lipinski definition) is 0. The lowest BCUT2D eigenvalue weighted by molar-refractivity contribution is -0.188. The molecule has 0 aromatic heterocycles. The molecule has 0 unspecified atom stereocenters. The summed E-state index contributed by atoms with van der Waals surface area (Å²) in [5, 5.41) is 0. The second-order valence-corrected chi connectivity index (χ2v) is 11.2. The van der Waals surface area contributed by atoms with Crippen LogP contribution in [0.15, 0.2) is 99.6 Å². The molecule has 0 aliphatic carbocycles. The van der Waals surface area contributed by atoms with Gasteiger partial charge in [-0.25, -0.2) is 4.79 Å². The lowest BCUT2D eigenvalue weighted by atomic mass is 10.1. The largest absolute Gasteiger partial charge is 0.494 e. The van der Waals surface area contributed by atoms with Crippen LogP contribution >= 0.6 is 10.3 Å². The van der Waals surface area contributed by atoms with Crippen molar-refractivity contribution in [2.75, 3.05) is 6.61 Å². The van der Waals surface area contributed by atoms with Gasteiger partial charge in [0.15, 0.2) is 0 Å². The zero-order chi connectivity index (χ0) is 25.9. The molecule has 0 amide bonds. The van der Waals surface area contributed by atoms with Crippen LogP contribution in [0.3, 0.4) is 0 Å². The Morgan fingerprint density at radius 3 is 1.67 bits per heavy atom. The highest BCUT2D eigenvalue weighted by atomic mass is 32.3. The van der Waals surface area contributed by atoms with Gasteiger partial charge < -0.3 is 8.92 Å². The normalized spacial score (nSPS) is 12.2. The van der Waals surface area contributed by atoms with Gasteiger partial charge in [0.2, 0.25) is 0 Å². The number of halogens is 3. The fraction of sp³-hybridized carbons (Fsp3) is 0.345. The average Bonchev–Trinajstić information content (AvgIpc) is 2.89. The van der Waals surface area contributed by atoms with E-state index in [-0.39, 0.29) is 0 Å². The van der Waals surface area contributed by atoms with Gasteiger partial charge >= 0.3 is 12.1 Å². The zero-order valence-electron chi connectivity index (χ0n) is 20.5. The van der Waals surface area contributed by atoms with Crippen molar-refractivity contribution in [2.24, 2.45) is 0 Å². The van der Waals surface area contributed by atoms with E-state index in [0.29, 0.717) is 27.0 Å². The molecule has 3 aromatic rings. The number of hydrogen-bond acceptors (Lipinski definition) is 3. The first-order valence-corrected chi connectivity index (χ1v) is 13.9. The summed E-state index contributed by atoms with van der Waals surface area (Å²) in [5.74, 6) is -1.59. The first-order valence-electron chi connectivity index (χ1n) is 12.3. The highest BCUT2D eigenvalue weighted by Crippen LogP contribution is 2.69. The van der Waals surface area contributed by atoms with E-state index in [1.807, 2.05) is 0 Å². The first-order chi connectivity index (χ1) is 17.4.